The van der Waals surface area contributed by atoms with Gasteiger partial charge in [-0.05, 0) is 82.4 Å². The highest BCUT2D eigenvalue weighted by atomic mass is 16.5. The molecular formula is C35H47N5O6. The first-order chi connectivity index (χ1) is 21.9. The number of hydrazine groups is 1. The zero-order valence-corrected chi connectivity index (χ0v) is 27.5. The third-order valence-electron chi connectivity index (χ3n) is 9.22. The van der Waals surface area contributed by atoms with Crippen molar-refractivity contribution in [2.45, 2.75) is 91.0 Å². The van der Waals surface area contributed by atoms with Crippen LogP contribution in [0.3, 0.4) is 0 Å². The topological polar surface area (TPSA) is 139 Å². The Balaban J connectivity index is 1.49. The van der Waals surface area contributed by atoms with Gasteiger partial charge in [0.25, 0.3) is 5.91 Å². The van der Waals surface area contributed by atoms with E-state index in [2.05, 4.69) is 16.1 Å². The lowest BCUT2D eigenvalue weighted by Crippen LogP contribution is -2.62. The van der Waals surface area contributed by atoms with Gasteiger partial charge >= 0.3 is 5.97 Å². The molecule has 248 valence electrons. The minimum absolute atomic E-state index is 0.183. The molecule has 46 heavy (non-hydrogen) atoms. The minimum atomic E-state index is -0.941. The Morgan fingerprint density at radius 3 is 2.50 bits per heavy atom. The lowest BCUT2D eigenvalue weighted by Gasteiger charge is -2.37. The van der Waals surface area contributed by atoms with Gasteiger partial charge in [0.05, 0.1) is 16.6 Å². The Labute approximate surface area is 270 Å². The Morgan fingerprint density at radius 2 is 1.76 bits per heavy atom. The van der Waals surface area contributed by atoms with Crippen LogP contribution in [0.1, 0.15) is 84.1 Å². The van der Waals surface area contributed by atoms with Gasteiger partial charge in [0.1, 0.15) is 24.2 Å². The van der Waals surface area contributed by atoms with E-state index >= 15 is 0 Å². The van der Waals surface area contributed by atoms with Crippen molar-refractivity contribution in [3.05, 3.63) is 47.7 Å². The average molecular weight is 634 g/mol. The molecular weight excluding hydrogens is 586 g/mol. The monoisotopic (exact) mass is 633 g/mol. The quantitative estimate of drug-likeness (QED) is 0.434. The normalized spacial score (nSPS) is 27.7. The van der Waals surface area contributed by atoms with Gasteiger partial charge in [0.2, 0.25) is 11.8 Å². The van der Waals surface area contributed by atoms with Gasteiger partial charge in [-0.15, -0.1) is 0 Å². The maximum atomic E-state index is 14.0. The Hall–Kier alpha value is -3.83. The molecule has 2 aromatic rings. The number of nitrogens with one attached hydrogen (secondary N) is 3. The van der Waals surface area contributed by atoms with E-state index in [1.54, 1.807) is 20.8 Å². The summed E-state index contributed by atoms with van der Waals surface area (Å²) in [5, 5.41) is 8.32. The van der Waals surface area contributed by atoms with Crippen molar-refractivity contribution >= 4 is 40.7 Å². The fourth-order valence-electron chi connectivity index (χ4n) is 6.14. The molecule has 0 spiro atoms. The number of hydrogen-bond acceptors (Lipinski definition) is 8. The summed E-state index contributed by atoms with van der Waals surface area (Å²) < 4.78 is 11.4. The number of carbonyl (C=O) groups is 4. The summed E-state index contributed by atoms with van der Waals surface area (Å²) in [6, 6.07) is 7.19. The van der Waals surface area contributed by atoms with Crippen LogP contribution in [0.15, 0.2) is 36.4 Å². The predicted molar refractivity (Wildman–Crippen MR) is 174 cm³/mol. The molecule has 0 unspecified atom stereocenters. The van der Waals surface area contributed by atoms with E-state index in [9.17, 15) is 19.2 Å². The number of rotatable bonds is 3. The van der Waals surface area contributed by atoms with Crippen LogP contribution < -0.4 is 16.1 Å². The van der Waals surface area contributed by atoms with Crippen molar-refractivity contribution in [2.75, 3.05) is 19.8 Å². The first-order valence-electron chi connectivity index (χ1n) is 16.5. The van der Waals surface area contributed by atoms with Gasteiger partial charge in [0, 0.05) is 25.1 Å². The predicted octanol–water partition coefficient (Wildman–Crippen LogP) is 3.83. The number of amides is 3. The largest absolute Gasteiger partial charge is 0.455 e. The van der Waals surface area contributed by atoms with E-state index in [1.165, 1.54) is 5.01 Å². The molecule has 0 radical (unpaired) electrons. The smallest absolute Gasteiger partial charge is 0.325 e. The number of ether oxygens (including phenoxy) is 2. The first kappa shape index (κ1) is 33.5. The summed E-state index contributed by atoms with van der Waals surface area (Å²) in [5.41, 5.74) is 4.34. The molecule has 2 saturated heterocycles. The van der Waals surface area contributed by atoms with Gasteiger partial charge in [-0.2, -0.15) is 0 Å². The van der Waals surface area contributed by atoms with E-state index in [1.807, 2.05) is 56.3 Å². The summed E-state index contributed by atoms with van der Waals surface area (Å²) in [7, 11) is 0. The van der Waals surface area contributed by atoms with E-state index in [-0.39, 0.29) is 23.7 Å². The number of aromatic nitrogens is 1. The fraction of sp³-hybridized carbons (Fsp3) is 0.571. The Kier molecular flexibility index (Phi) is 10.4. The molecule has 3 N–H and O–H groups in total. The minimum Gasteiger partial charge on any atom is -0.455 e. The van der Waals surface area contributed by atoms with Crippen LogP contribution in [0.4, 0.5) is 0 Å². The van der Waals surface area contributed by atoms with Crippen LogP contribution >= 0.6 is 0 Å². The molecule has 3 aliphatic heterocycles. The van der Waals surface area contributed by atoms with E-state index in [4.69, 9.17) is 14.5 Å². The molecule has 4 atom stereocenters. The second-order valence-corrected chi connectivity index (χ2v) is 13.7. The third kappa shape index (κ3) is 7.93. The van der Waals surface area contributed by atoms with Gasteiger partial charge in [-0.25, -0.2) is 10.4 Å². The second kappa shape index (κ2) is 14.3. The average Bonchev–Trinajstić information content (AvgIpc) is 3.05. The van der Waals surface area contributed by atoms with Crippen LogP contribution in [0.5, 0.6) is 0 Å². The SMILES string of the molecule is CC(C)[C@@H]1NC(=O)C(C)(C)/C=C/c2ccc3ccc(nc3c2)[C@@H](C)OC(=O)[C@@H]2CCCN(N2)C(=O)[C@@H](CC2CCOCC2)NC1=O. The zero-order valence-electron chi connectivity index (χ0n) is 27.5. The number of hydrogen-bond donors (Lipinski definition) is 3. The summed E-state index contributed by atoms with van der Waals surface area (Å²) in [6.45, 7) is 10.7. The van der Waals surface area contributed by atoms with Gasteiger partial charge in [0.15, 0.2) is 0 Å². The number of esters is 1. The van der Waals surface area contributed by atoms with Crippen LogP contribution in [0, 0.1) is 17.3 Å². The lowest BCUT2D eigenvalue weighted by molar-refractivity contribution is -0.157. The van der Waals surface area contributed by atoms with E-state index < -0.39 is 41.5 Å². The van der Waals surface area contributed by atoms with Gasteiger partial charge < -0.3 is 20.1 Å². The molecule has 11 nitrogen and oxygen atoms in total. The van der Waals surface area contributed by atoms with Crippen molar-refractivity contribution in [1.82, 2.24) is 26.1 Å². The highest BCUT2D eigenvalue weighted by Gasteiger charge is 2.37. The van der Waals surface area contributed by atoms with Crippen molar-refractivity contribution < 1.29 is 28.7 Å². The third-order valence-corrected chi connectivity index (χ3v) is 9.22. The van der Waals surface area contributed by atoms with Crippen molar-refractivity contribution in [2.24, 2.45) is 17.3 Å². The van der Waals surface area contributed by atoms with Crippen molar-refractivity contribution in [3.8, 4) is 0 Å². The molecule has 5 bridgehead atoms. The number of pyridine rings is 1. The zero-order chi connectivity index (χ0) is 33.0. The number of benzene rings is 1. The second-order valence-electron chi connectivity index (χ2n) is 13.7. The first-order valence-corrected chi connectivity index (χ1v) is 16.5. The summed E-state index contributed by atoms with van der Waals surface area (Å²) in [5.74, 6) is -1.56. The van der Waals surface area contributed by atoms with Crippen molar-refractivity contribution in [1.29, 1.82) is 0 Å². The molecule has 0 saturated carbocycles. The maximum absolute atomic E-state index is 14.0. The molecule has 3 aliphatic rings. The summed E-state index contributed by atoms with van der Waals surface area (Å²) in [6.07, 6.45) is 6.16. The molecule has 3 amide bonds. The van der Waals surface area contributed by atoms with Crippen molar-refractivity contribution in [3.63, 3.8) is 0 Å². The molecule has 1 aromatic carbocycles. The van der Waals surface area contributed by atoms with Gasteiger partial charge in [-0.1, -0.05) is 44.2 Å². The van der Waals surface area contributed by atoms with E-state index in [0.717, 1.165) is 29.3 Å². The van der Waals surface area contributed by atoms with Crippen LogP contribution in [-0.2, 0) is 28.7 Å². The maximum Gasteiger partial charge on any atom is 0.325 e. The number of carbonyl (C=O) groups excluding carboxylic acids is 4. The summed E-state index contributed by atoms with van der Waals surface area (Å²) in [4.78, 5) is 59.6. The van der Waals surface area contributed by atoms with Crippen LogP contribution in [0.25, 0.3) is 17.0 Å². The van der Waals surface area contributed by atoms with E-state index in [0.29, 0.717) is 44.7 Å². The molecule has 5 rings (SSSR count). The fourth-order valence-corrected chi connectivity index (χ4v) is 6.14. The molecule has 0 aliphatic carbocycles. The standard InChI is InChI=1S/C35H47N5O6/c1-21(2)30-31(41)37-29(20-24-13-17-45-18-14-24)32(42)40-16-6-7-27(39-40)33(43)46-22(3)26-11-10-25-9-8-23(19-28(25)36-26)12-15-35(4,5)34(44)38-30/h8-12,15,19,21-22,24,27,29-30,39H,6-7,13-14,16-18,20H2,1-5H3,(H,37,41)(H,38,44)/b15-12+/t22-,27+,29-,30+/m1/s1. The molecule has 2 fully saturated rings. The Bertz CT molecular complexity index is 1480. The van der Waals surface area contributed by atoms with Crippen LogP contribution in [-0.4, -0.2) is 71.6 Å². The highest BCUT2D eigenvalue weighted by molar-refractivity contribution is 5.94. The van der Waals surface area contributed by atoms with Gasteiger partial charge in [-0.3, -0.25) is 24.2 Å². The van der Waals surface area contributed by atoms with Crippen LogP contribution in [0.2, 0.25) is 0 Å². The number of cyclic esters (lactones) is 1. The molecule has 11 heteroatoms. The Morgan fingerprint density at radius 1 is 1.02 bits per heavy atom. The molecule has 1 aromatic heterocycles. The highest BCUT2D eigenvalue weighted by Crippen LogP contribution is 2.26. The molecule has 4 heterocycles. The summed E-state index contributed by atoms with van der Waals surface area (Å²) >= 11 is 0. The number of nitrogens with zero attached hydrogens (tertiary/aromatic N) is 2. The number of fused-ring (bicyclic) bond motifs is 4. The lowest BCUT2D eigenvalue weighted by atomic mass is 9.89.